The number of carbonyl (C=O) groups is 1. The van der Waals surface area contributed by atoms with E-state index in [1.807, 2.05) is 11.9 Å². The highest BCUT2D eigenvalue weighted by Crippen LogP contribution is 2.39. The fourth-order valence-electron chi connectivity index (χ4n) is 3.08. The number of nitrogens with zero attached hydrogens (tertiary/aromatic N) is 1. The van der Waals surface area contributed by atoms with E-state index in [9.17, 15) is 4.79 Å². The van der Waals surface area contributed by atoms with E-state index < -0.39 is 0 Å². The van der Waals surface area contributed by atoms with Crippen LogP contribution < -0.4 is 5.32 Å². The molecule has 1 aliphatic heterocycles. The first-order valence-corrected chi connectivity index (χ1v) is 7.09. The van der Waals surface area contributed by atoms with Gasteiger partial charge in [-0.2, -0.15) is 0 Å². The van der Waals surface area contributed by atoms with Crippen LogP contribution in [0.15, 0.2) is 0 Å². The van der Waals surface area contributed by atoms with Crippen LogP contribution in [0.4, 0.5) is 0 Å². The summed E-state index contributed by atoms with van der Waals surface area (Å²) in [5.41, 5.74) is -0.0802. The quantitative estimate of drug-likeness (QED) is 0.812. The van der Waals surface area contributed by atoms with Crippen molar-refractivity contribution in [1.29, 1.82) is 0 Å². The van der Waals surface area contributed by atoms with Gasteiger partial charge in [-0.15, -0.1) is 0 Å². The number of carbonyl (C=O) groups excluding carboxylic acids is 1. The van der Waals surface area contributed by atoms with Crippen molar-refractivity contribution in [1.82, 2.24) is 10.2 Å². The molecule has 2 fully saturated rings. The molecule has 0 aromatic rings. The molecule has 1 aliphatic carbocycles. The molecule has 2 aliphatic rings. The highest BCUT2D eigenvalue weighted by atomic mass is 16.2. The third kappa shape index (κ3) is 2.49. The van der Waals surface area contributed by atoms with Crippen LogP contribution in [0.2, 0.25) is 0 Å². The van der Waals surface area contributed by atoms with Gasteiger partial charge in [0.05, 0.1) is 5.41 Å². The number of hydrogen-bond acceptors (Lipinski definition) is 2. The Morgan fingerprint density at radius 3 is 2.47 bits per heavy atom. The lowest BCUT2D eigenvalue weighted by atomic mass is 9.75. The molecule has 1 atom stereocenters. The molecule has 2 rings (SSSR count). The minimum Gasteiger partial charge on any atom is -0.342 e. The molecule has 3 nitrogen and oxygen atoms in total. The largest absolute Gasteiger partial charge is 0.342 e. The van der Waals surface area contributed by atoms with E-state index >= 15 is 0 Å². The molecular formula is C14H26N2O. The van der Waals surface area contributed by atoms with Crippen LogP contribution in [0.25, 0.3) is 0 Å². The molecule has 1 saturated carbocycles. The lowest BCUT2D eigenvalue weighted by molar-refractivity contribution is -0.145. The number of hydrogen-bond donors (Lipinski definition) is 1. The predicted octanol–water partition coefficient (Wildman–Crippen LogP) is 2.02. The van der Waals surface area contributed by atoms with Crippen LogP contribution in [-0.2, 0) is 4.79 Å². The van der Waals surface area contributed by atoms with Crippen molar-refractivity contribution in [2.45, 2.75) is 52.0 Å². The summed E-state index contributed by atoms with van der Waals surface area (Å²) in [6.45, 7) is 6.36. The first-order valence-electron chi connectivity index (χ1n) is 7.09. The number of nitrogens with one attached hydrogen (secondary N) is 1. The van der Waals surface area contributed by atoms with E-state index in [0.717, 1.165) is 38.3 Å². The normalized spacial score (nSPS) is 25.4. The highest BCUT2D eigenvalue weighted by molar-refractivity contribution is 5.83. The molecule has 1 heterocycles. The van der Waals surface area contributed by atoms with E-state index in [4.69, 9.17) is 0 Å². The molecule has 0 bridgehead atoms. The molecule has 17 heavy (non-hydrogen) atoms. The smallest absolute Gasteiger partial charge is 0.228 e. The number of rotatable bonds is 4. The van der Waals surface area contributed by atoms with Gasteiger partial charge in [-0.05, 0) is 58.0 Å². The monoisotopic (exact) mass is 238 g/mol. The summed E-state index contributed by atoms with van der Waals surface area (Å²) in [7, 11) is 2.00. The minimum absolute atomic E-state index is 0.0802. The van der Waals surface area contributed by atoms with Crippen molar-refractivity contribution in [2.24, 2.45) is 11.3 Å². The third-order valence-corrected chi connectivity index (χ3v) is 4.93. The first kappa shape index (κ1) is 12.9. The Hall–Kier alpha value is -0.570. The van der Waals surface area contributed by atoms with E-state index in [2.05, 4.69) is 19.2 Å². The topological polar surface area (TPSA) is 32.3 Å². The van der Waals surface area contributed by atoms with Crippen molar-refractivity contribution < 1.29 is 4.79 Å². The SMILES string of the molecule is CCC1(C(=O)N(C)C(C)C2CC2)CCNCC1. The Bertz CT molecular complexity index is 280. The molecule has 1 N–H and O–H groups in total. The Balaban J connectivity index is 2.04. The van der Waals surface area contributed by atoms with Crippen LogP contribution >= 0.6 is 0 Å². The van der Waals surface area contributed by atoms with Crippen LogP contribution in [-0.4, -0.2) is 37.0 Å². The van der Waals surface area contributed by atoms with Gasteiger partial charge in [0.15, 0.2) is 0 Å². The van der Waals surface area contributed by atoms with Crippen molar-refractivity contribution in [2.75, 3.05) is 20.1 Å². The molecule has 1 unspecified atom stereocenters. The zero-order valence-electron chi connectivity index (χ0n) is 11.5. The fourth-order valence-corrected chi connectivity index (χ4v) is 3.08. The van der Waals surface area contributed by atoms with Crippen molar-refractivity contribution in [3.8, 4) is 0 Å². The average molecular weight is 238 g/mol. The predicted molar refractivity (Wildman–Crippen MR) is 69.8 cm³/mol. The zero-order chi connectivity index (χ0) is 12.5. The second-order valence-electron chi connectivity index (χ2n) is 5.88. The summed E-state index contributed by atoms with van der Waals surface area (Å²) >= 11 is 0. The molecule has 0 spiro atoms. The summed E-state index contributed by atoms with van der Waals surface area (Å²) < 4.78 is 0. The van der Waals surface area contributed by atoms with Crippen LogP contribution in [0.1, 0.15) is 46.0 Å². The van der Waals surface area contributed by atoms with Crippen molar-refractivity contribution in [3.05, 3.63) is 0 Å². The highest BCUT2D eigenvalue weighted by Gasteiger charge is 2.42. The average Bonchev–Trinajstić information content (AvgIpc) is 3.21. The summed E-state index contributed by atoms with van der Waals surface area (Å²) in [5.74, 6) is 1.15. The van der Waals surface area contributed by atoms with E-state index in [1.54, 1.807) is 0 Å². The molecule has 0 aromatic heterocycles. The van der Waals surface area contributed by atoms with Gasteiger partial charge in [0, 0.05) is 13.1 Å². The molecule has 1 amide bonds. The van der Waals surface area contributed by atoms with Gasteiger partial charge in [-0.25, -0.2) is 0 Å². The molecule has 3 heteroatoms. The lowest BCUT2D eigenvalue weighted by Crippen LogP contribution is -2.50. The molecule has 1 saturated heterocycles. The second kappa shape index (κ2) is 4.97. The first-order chi connectivity index (χ1) is 8.10. The maximum absolute atomic E-state index is 12.7. The van der Waals surface area contributed by atoms with E-state index in [0.29, 0.717) is 11.9 Å². The number of piperidine rings is 1. The van der Waals surface area contributed by atoms with Crippen LogP contribution in [0.3, 0.4) is 0 Å². The maximum Gasteiger partial charge on any atom is 0.228 e. The van der Waals surface area contributed by atoms with E-state index in [1.165, 1.54) is 12.8 Å². The maximum atomic E-state index is 12.7. The van der Waals surface area contributed by atoms with E-state index in [-0.39, 0.29) is 5.41 Å². The third-order valence-electron chi connectivity index (χ3n) is 4.93. The van der Waals surface area contributed by atoms with Crippen molar-refractivity contribution in [3.63, 3.8) is 0 Å². The summed E-state index contributed by atoms with van der Waals surface area (Å²) in [6, 6.07) is 0.431. The second-order valence-corrected chi connectivity index (χ2v) is 5.88. The van der Waals surface area contributed by atoms with Gasteiger partial charge in [0.1, 0.15) is 0 Å². The summed E-state index contributed by atoms with van der Waals surface area (Å²) in [4.78, 5) is 14.8. The lowest BCUT2D eigenvalue weighted by Gasteiger charge is -2.40. The fraction of sp³-hybridized carbons (Fsp3) is 0.929. The van der Waals surface area contributed by atoms with Gasteiger partial charge in [-0.1, -0.05) is 6.92 Å². The Labute approximate surface area is 105 Å². The Morgan fingerprint density at radius 2 is 2.00 bits per heavy atom. The van der Waals surface area contributed by atoms with Crippen molar-refractivity contribution >= 4 is 5.91 Å². The Morgan fingerprint density at radius 1 is 1.41 bits per heavy atom. The van der Waals surface area contributed by atoms with Gasteiger partial charge in [-0.3, -0.25) is 4.79 Å². The molecule has 0 radical (unpaired) electrons. The zero-order valence-corrected chi connectivity index (χ0v) is 11.5. The van der Waals surface area contributed by atoms with Crippen LogP contribution in [0, 0.1) is 11.3 Å². The Kier molecular flexibility index (Phi) is 3.76. The summed E-state index contributed by atoms with van der Waals surface area (Å²) in [6.07, 6.45) is 5.60. The van der Waals surface area contributed by atoms with Gasteiger partial charge < -0.3 is 10.2 Å². The van der Waals surface area contributed by atoms with Gasteiger partial charge in [0.25, 0.3) is 0 Å². The molecule has 98 valence electrons. The number of amides is 1. The van der Waals surface area contributed by atoms with Crippen LogP contribution in [0.5, 0.6) is 0 Å². The van der Waals surface area contributed by atoms with Gasteiger partial charge in [0.2, 0.25) is 5.91 Å². The molecule has 0 aromatic carbocycles. The van der Waals surface area contributed by atoms with Gasteiger partial charge >= 0.3 is 0 Å². The molecular weight excluding hydrogens is 212 g/mol. The standard InChI is InChI=1S/C14H26N2O/c1-4-14(7-9-15-10-8-14)13(17)16(3)11(2)12-5-6-12/h11-12,15H,4-10H2,1-3H3. The summed E-state index contributed by atoms with van der Waals surface area (Å²) in [5, 5.41) is 3.36. The minimum atomic E-state index is -0.0802.